The molecule has 1 aromatic heterocycles. The molecule has 1 heterocycles. The third-order valence-corrected chi connectivity index (χ3v) is 3.75. The van der Waals surface area contributed by atoms with E-state index >= 15 is 0 Å². The van der Waals surface area contributed by atoms with Gasteiger partial charge in [-0.3, -0.25) is 5.32 Å². The molecule has 1 aliphatic rings. The molecule has 1 aromatic rings. The molecule has 1 unspecified atom stereocenters. The van der Waals surface area contributed by atoms with Crippen LogP contribution in [0.4, 0.5) is 0 Å². The smallest absolute Gasteiger partial charge is 0.328 e. The maximum Gasteiger partial charge on any atom is 0.328 e. The normalized spacial score (nSPS) is 17.1. The van der Waals surface area contributed by atoms with Gasteiger partial charge in [-0.1, -0.05) is 0 Å². The maximum absolute atomic E-state index is 11.9. The molecule has 3 nitrogen and oxygen atoms in total. The lowest BCUT2D eigenvalue weighted by molar-refractivity contribution is -0.145. The van der Waals surface area contributed by atoms with Crippen molar-refractivity contribution in [2.45, 2.75) is 38.8 Å². The van der Waals surface area contributed by atoms with Crippen molar-refractivity contribution in [1.29, 1.82) is 0 Å². The molecule has 0 amide bonds. The van der Waals surface area contributed by atoms with E-state index in [1.54, 1.807) is 11.3 Å². The topological polar surface area (TPSA) is 38.3 Å². The van der Waals surface area contributed by atoms with Gasteiger partial charge in [0.1, 0.15) is 6.04 Å². The minimum absolute atomic E-state index is 0.153. The summed E-state index contributed by atoms with van der Waals surface area (Å²) in [7, 11) is 0. The van der Waals surface area contributed by atoms with Crippen LogP contribution in [-0.4, -0.2) is 18.6 Å². The zero-order valence-electron chi connectivity index (χ0n) is 9.66. The Bertz CT molecular complexity index is 371. The molecule has 1 atom stereocenters. The van der Waals surface area contributed by atoms with Crippen LogP contribution in [0.5, 0.6) is 0 Å². The number of aryl methyl sites for hydroxylation is 1. The van der Waals surface area contributed by atoms with E-state index in [1.807, 2.05) is 25.3 Å². The van der Waals surface area contributed by atoms with Crippen molar-refractivity contribution in [2.75, 3.05) is 6.61 Å². The Balaban J connectivity index is 2.12. The van der Waals surface area contributed by atoms with Crippen molar-refractivity contribution in [3.8, 4) is 0 Å². The maximum atomic E-state index is 11.9. The first kappa shape index (κ1) is 11.6. The Morgan fingerprint density at radius 1 is 1.69 bits per heavy atom. The van der Waals surface area contributed by atoms with E-state index in [-0.39, 0.29) is 12.0 Å². The molecule has 88 valence electrons. The molecule has 1 N–H and O–H groups in total. The summed E-state index contributed by atoms with van der Waals surface area (Å²) in [6, 6.07) is 2.27. The molecule has 1 aliphatic carbocycles. The SMILES string of the molecule is CCOC(=O)C(NC1CC1)c1sccc1C. The molecule has 16 heavy (non-hydrogen) atoms. The number of ether oxygens (including phenoxy) is 1. The van der Waals surface area contributed by atoms with Gasteiger partial charge in [-0.15, -0.1) is 11.3 Å². The first-order valence-corrected chi connectivity index (χ1v) is 6.57. The molecule has 1 fully saturated rings. The number of carbonyl (C=O) groups is 1. The summed E-state index contributed by atoms with van der Waals surface area (Å²) in [5, 5.41) is 5.37. The highest BCUT2D eigenvalue weighted by molar-refractivity contribution is 7.10. The number of esters is 1. The van der Waals surface area contributed by atoms with Crippen LogP contribution in [0, 0.1) is 6.92 Å². The molecule has 1 saturated carbocycles. The number of thiophene rings is 1. The highest BCUT2D eigenvalue weighted by atomic mass is 32.1. The fraction of sp³-hybridized carbons (Fsp3) is 0.583. The molecule has 2 rings (SSSR count). The Labute approximate surface area is 99.8 Å². The van der Waals surface area contributed by atoms with Gasteiger partial charge >= 0.3 is 5.97 Å². The average Bonchev–Trinajstić information content (AvgIpc) is 2.98. The standard InChI is InChI=1S/C12H17NO2S/c1-3-15-12(14)10(13-9-4-5-9)11-8(2)6-7-16-11/h6-7,9-10,13H,3-5H2,1-2H3. The van der Waals surface area contributed by atoms with Crippen LogP contribution in [0.2, 0.25) is 0 Å². The fourth-order valence-electron chi connectivity index (χ4n) is 1.64. The summed E-state index contributed by atoms with van der Waals surface area (Å²) in [6.45, 7) is 4.31. The average molecular weight is 239 g/mol. The van der Waals surface area contributed by atoms with E-state index in [0.717, 1.165) is 10.4 Å². The quantitative estimate of drug-likeness (QED) is 0.802. The lowest BCUT2D eigenvalue weighted by Crippen LogP contribution is -2.31. The van der Waals surface area contributed by atoms with Crippen molar-refractivity contribution >= 4 is 17.3 Å². The van der Waals surface area contributed by atoms with Gasteiger partial charge < -0.3 is 4.74 Å². The summed E-state index contributed by atoms with van der Waals surface area (Å²) in [4.78, 5) is 13.0. The monoisotopic (exact) mass is 239 g/mol. The van der Waals surface area contributed by atoms with E-state index in [2.05, 4.69) is 5.32 Å². The van der Waals surface area contributed by atoms with Crippen LogP contribution in [0.1, 0.15) is 36.2 Å². The first-order valence-electron chi connectivity index (χ1n) is 5.69. The number of nitrogens with one attached hydrogen (secondary N) is 1. The van der Waals surface area contributed by atoms with E-state index in [4.69, 9.17) is 4.74 Å². The van der Waals surface area contributed by atoms with Gasteiger partial charge in [0.15, 0.2) is 0 Å². The Kier molecular flexibility index (Phi) is 3.61. The predicted octanol–water partition coefficient (Wildman–Crippen LogP) is 2.41. The minimum Gasteiger partial charge on any atom is -0.465 e. The molecular weight excluding hydrogens is 222 g/mol. The van der Waals surface area contributed by atoms with E-state index in [9.17, 15) is 4.79 Å². The second-order valence-electron chi connectivity index (χ2n) is 4.09. The van der Waals surface area contributed by atoms with Crippen molar-refractivity contribution < 1.29 is 9.53 Å². The molecule has 0 bridgehead atoms. The van der Waals surface area contributed by atoms with Crippen LogP contribution < -0.4 is 5.32 Å². The summed E-state index contributed by atoms with van der Waals surface area (Å²) in [5.41, 5.74) is 1.16. The minimum atomic E-state index is -0.271. The fourth-order valence-corrected chi connectivity index (χ4v) is 2.62. The second kappa shape index (κ2) is 4.97. The first-order chi connectivity index (χ1) is 7.72. The van der Waals surface area contributed by atoms with Crippen LogP contribution in [0.15, 0.2) is 11.4 Å². The lowest BCUT2D eigenvalue weighted by Gasteiger charge is -2.16. The van der Waals surface area contributed by atoms with Gasteiger partial charge in [-0.2, -0.15) is 0 Å². The summed E-state index contributed by atoms with van der Waals surface area (Å²) in [6.07, 6.45) is 2.33. The highest BCUT2D eigenvalue weighted by Crippen LogP contribution is 2.29. The van der Waals surface area contributed by atoms with E-state index in [0.29, 0.717) is 12.6 Å². The summed E-state index contributed by atoms with van der Waals surface area (Å²) >= 11 is 1.62. The van der Waals surface area contributed by atoms with Crippen molar-refractivity contribution in [1.82, 2.24) is 5.32 Å². The molecule has 0 radical (unpaired) electrons. The Morgan fingerprint density at radius 2 is 2.44 bits per heavy atom. The van der Waals surface area contributed by atoms with Crippen molar-refractivity contribution in [3.63, 3.8) is 0 Å². The van der Waals surface area contributed by atoms with Crippen LogP contribution in [-0.2, 0) is 9.53 Å². The molecular formula is C12H17NO2S. The van der Waals surface area contributed by atoms with Gasteiger partial charge in [0.25, 0.3) is 0 Å². The van der Waals surface area contributed by atoms with Gasteiger partial charge in [-0.05, 0) is 43.7 Å². The van der Waals surface area contributed by atoms with E-state index in [1.165, 1.54) is 12.8 Å². The van der Waals surface area contributed by atoms with Crippen LogP contribution in [0.25, 0.3) is 0 Å². The van der Waals surface area contributed by atoms with E-state index < -0.39 is 0 Å². The lowest BCUT2D eigenvalue weighted by atomic mass is 10.1. The Hall–Kier alpha value is -0.870. The largest absolute Gasteiger partial charge is 0.465 e. The Morgan fingerprint density at radius 3 is 2.94 bits per heavy atom. The van der Waals surface area contributed by atoms with Gasteiger partial charge in [0.2, 0.25) is 0 Å². The summed E-state index contributed by atoms with van der Waals surface area (Å²) in [5.74, 6) is -0.153. The predicted molar refractivity (Wildman–Crippen MR) is 64.6 cm³/mol. The van der Waals surface area contributed by atoms with Gasteiger partial charge in [-0.25, -0.2) is 4.79 Å². The molecule has 0 saturated heterocycles. The number of hydrogen-bond donors (Lipinski definition) is 1. The number of hydrogen-bond acceptors (Lipinski definition) is 4. The van der Waals surface area contributed by atoms with Crippen LogP contribution in [0.3, 0.4) is 0 Å². The third kappa shape index (κ3) is 2.62. The van der Waals surface area contributed by atoms with Gasteiger partial charge in [0.05, 0.1) is 6.61 Å². The zero-order chi connectivity index (χ0) is 11.5. The molecule has 0 aliphatic heterocycles. The molecule has 0 aromatic carbocycles. The van der Waals surface area contributed by atoms with Gasteiger partial charge in [0, 0.05) is 10.9 Å². The summed E-state index contributed by atoms with van der Waals surface area (Å²) < 4.78 is 5.12. The van der Waals surface area contributed by atoms with Crippen LogP contribution >= 0.6 is 11.3 Å². The number of carbonyl (C=O) groups excluding carboxylic acids is 1. The number of rotatable bonds is 5. The van der Waals surface area contributed by atoms with Crippen molar-refractivity contribution in [2.24, 2.45) is 0 Å². The third-order valence-electron chi connectivity index (χ3n) is 2.67. The van der Waals surface area contributed by atoms with Crippen molar-refractivity contribution in [3.05, 3.63) is 21.9 Å². The molecule has 4 heteroatoms. The zero-order valence-corrected chi connectivity index (χ0v) is 10.5. The molecule has 0 spiro atoms. The second-order valence-corrected chi connectivity index (χ2v) is 5.04. The highest BCUT2D eigenvalue weighted by Gasteiger charge is 2.31.